The molecule has 2 fully saturated rings. The normalized spacial score (nSPS) is 21.2. The molecule has 2 unspecified atom stereocenters. The molecule has 1 saturated heterocycles. The molecule has 2 N–H and O–H groups in total. The average molecular weight is 481 g/mol. The van der Waals surface area contributed by atoms with E-state index in [1.54, 1.807) is 7.11 Å². The van der Waals surface area contributed by atoms with Crippen LogP contribution in [0.15, 0.2) is 30.3 Å². The molecule has 1 saturated carbocycles. The number of likely N-dealkylation sites (tertiary alicyclic amines) is 1. The Bertz CT molecular complexity index is 959. The van der Waals surface area contributed by atoms with Crippen LogP contribution in [0.4, 0.5) is 0 Å². The molecule has 1 aliphatic carbocycles. The minimum atomic E-state index is -0.101. The van der Waals surface area contributed by atoms with Crippen molar-refractivity contribution >= 4 is 5.91 Å². The number of hydrogen-bond donors (Lipinski definition) is 1. The Kier molecular flexibility index (Phi) is 9.10. The fraction of sp³-hybridized carbons (Fsp3) is 0.607. The molecule has 7 nitrogen and oxygen atoms in total. The van der Waals surface area contributed by atoms with Crippen molar-refractivity contribution < 1.29 is 14.3 Å². The molecule has 35 heavy (non-hydrogen) atoms. The van der Waals surface area contributed by atoms with Gasteiger partial charge >= 0.3 is 0 Å². The first-order valence-corrected chi connectivity index (χ1v) is 13.3. The van der Waals surface area contributed by atoms with Gasteiger partial charge in [0.15, 0.2) is 5.69 Å². The molecule has 1 aliphatic heterocycles. The second-order valence-electron chi connectivity index (χ2n) is 9.91. The third-order valence-corrected chi connectivity index (χ3v) is 7.47. The third kappa shape index (κ3) is 6.39. The summed E-state index contributed by atoms with van der Waals surface area (Å²) in [4.78, 5) is 15.2. The zero-order chi connectivity index (χ0) is 24.6. The predicted molar refractivity (Wildman–Crippen MR) is 137 cm³/mol. The first-order chi connectivity index (χ1) is 17.1. The van der Waals surface area contributed by atoms with Crippen LogP contribution in [0.5, 0.6) is 5.75 Å². The minimum absolute atomic E-state index is 0.0503. The summed E-state index contributed by atoms with van der Waals surface area (Å²) in [5.41, 5.74) is 9.21. The highest BCUT2D eigenvalue weighted by molar-refractivity contribution is 5.93. The maximum Gasteiger partial charge on any atom is 0.274 e. The van der Waals surface area contributed by atoms with Crippen molar-refractivity contribution in [3.05, 3.63) is 41.7 Å². The van der Waals surface area contributed by atoms with Crippen LogP contribution >= 0.6 is 0 Å². The van der Waals surface area contributed by atoms with Gasteiger partial charge in [0.1, 0.15) is 5.75 Å². The number of carbonyl (C=O) groups is 1. The van der Waals surface area contributed by atoms with E-state index in [4.69, 9.17) is 15.2 Å². The first kappa shape index (κ1) is 25.6. The van der Waals surface area contributed by atoms with E-state index < -0.39 is 0 Å². The molecule has 2 aromatic rings. The van der Waals surface area contributed by atoms with Crippen LogP contribution in [0.25, 0.3) is 11.1 Å². The highest BCUT2D eigenvalue weighted by Crippen LogP contribution is 2.29. The number of carbonyl (C=O) groups excluding carboxylic acids is 1. The summed E-state index contributed by atoms with van der Waals surface area (Å²) in [5.74, 6) is 1.08. The molecule has 0 bridgehead atoms. The lowest BCUT2D eigenvalue weighted by Crippen LogP contribution is -2.49. The molecule has 7 heteroatoms. The van der Waals surface area contributed by atoms with Gasteiger partial charge in [0.05, 0.1) is 17.9 Å². The van der Waals surface area contributed by atoms with E-state index in [1.807, 2.05) is 23.1 Å². The summed E-state index contributed by atoms with van der Waals surface area (Å²) in [6.07, 6.45) is 10.1. The van der Waals surface area contributed by atoms with Gasteiger partial charge < -0.3 is 20.1 Å². The van der Waals surface area contributed by atoms with Gasteiger partial charge in [0.2, 0.25) is 0 Å². The van der Waals surface area contributed by atoms with Crippen molar-refractivity contribution in [1.82, 2.24) is 15.1 Å². The van der Waals surface area contributed by atoms with Crippen molar-refractivity contribution in [3.8, 4) is 16.9 Å². The predicted octanol–water partition coefficient (Wildman–Crippen LogP) is 4.63. The van der Waals surface area contributed by atoms with Gasteiger partial charge in [0.25, 0.3) is 5.91 Å². The van der Waals surface area contributed by atoms with E-state index in [2.05, 4.69) is 29.3 Å². The number of aromatic nitrogens is 2. The van der Waals surface area contributed by atoms with E-state index in [1.165, 1.54) is 19.3 Å². The molecule has 1 aromatic heterocycles. The summed E-state index contributed by atoms with van der Waals surface area (Å²) in [6, 6.07) is 10.1. The number of nitrogens with zero attached hydrogens (tertiary/aromatic N) is 3. The number of nitrogens with two attached hydrogens (primary N) is 1. The first-order valence-electron chi connectivity index (χ1n) is 13.3. The maximum atomic E-state index is 13.4. The second-order valence-corrected chi connectivity index (χ2v) is 9.91. The van der Waals surface area contributed by atoms with E-state index in [0.29, 0.717) is 31.4 Å². The van der Waals surface area contributed by atoms with Crippen molar-refractivity contribution in [1.29, 1.82) is 0 Å². The van der Waals surface area contributed by atoms with Crippen LogP contribution in [0, 0.1) is 5.92 Å². The standard InChI is InChI=1S/C28H40N4O3/c1-3-4-10-25-24(20-11-13-23(14-12-20)35-22-8-6-5-7-9-22)17-26(31-30-25)28(33)32-16-15-21(18-29)27(19-32)34-2/h11-14,17,21-22,27H,3-10,15-16,18-19,29H2,1-2H3. The van der Waals surface area contributed by atoms with Crippen LogP contribution < -0.4 is 10.5 Å². The smallest absolute Gasteiger partial charge is 0.274 e. The highest BCUT2D eigenvalue weighted by Gasteiger charge is 2.32. The number of piperidine rings is 1. The van der Waals surface area contributed by atoms with Gasteiger partial charge in [-0.05, 0) is 75.3 Å². The monoisotopic (exact) mass is 480 g/mol. The molecule has 190 valence electrons. The third-order valence-electron chi connectivity index (χ3n) is 7.47. The fourth-order valence-corrected chi connectivity index (χ4v) is 5.24. The van der Waals surface area contributed by atoms with Crippen LogP contribution in [-0.4, -0.2) is 60.0 Å². The maximum absolute atomic E-state index is 13.4. The van der Waals surface area contributed by atoms with Gasteiger partial charge in [0, 0.05) is 31.7 Å². The van der Waals surface area contributed by atoms with Crippen molar-refractivity contribution in [2.75, 3.05) is 26.7 Å². The second kappa shape index (κ2) is 12.5. The number of benzene rings is 1. The topological polar surface area (TPSA) is 90.6 Å². The van der Waals surface area contributed by atoms with E-state index >= 15 is 0 Å². The summed E-state index contributed by atoms with van der Waals surface area (Å²) in [7, 11) is 1.68. The fourth-order valence-electron chi connectivity index (χ4n) is 5.24. The van der Waals surface area contributed by atoms with E-state index in [9.17, 15) is 4.79 Å². The van der Waals surface area contributed by atoms with Crippen molar-refractivity contribution in [3.63, 3.8) is 0 Å². The largest absolute Gasteiger partial charge is 0.490 e. The lowest BCUT2D eigenvalue weighted by molar-refractivity contribution is -0.00461. The van der Waals surface area contributed by atoms with Gasteiger partial charge in [-0.25, -0.2) is 0 Å². The number of ether oxygens (including phenoxy) is 2. The number of aryl methyl sites for hydroxylation is 1. The molecule has 2 aliphatic rings. The number of unbranched alkanes of at least 4 members (excludes halogenated alkanes) is 1. The van der Waals surface area contributed by atoms with Crippen LogP contribution in [0.2, 0.25) is 0 Å². The summed E-state index contributed by atoms with van der Waals surface area (Å²) >= 11 is 0. The Morgan fingerprint density at radius 2 is 1.89 bits per heavy atom. The molecule has 4 rings (SSSR count). The molecular weight excluding hydrogens is 440 g/mol. The minimum Gasteiger partial charge on any atom is -0.490 e. The molecule has 2 heterocycles. The van der Waals surface area contributed by atoms with Crippen LogP contribution in [0.1, 0.15) is 74.5 Å². The molecule has 1 amide bonds. The Hall–Kier alpha value is -2.51. The SMILES string of the molecule is CCCCc1nnc(C(=O)N2CCC(CN)C(OC)C2)cc1-c1ccc(OC2CCCCC2)cc1. The molecule has 0 spiro atoms. The lowest BCUT2D eigenvalue weighted by atomic mass is 9.93. The van der Waals surface area contributed by atoms with E-state index in [-0.39, 0.29) is 17.9 Å². The molecular formula is C28H40N4O3. The summed E-state index contributed by atoms with van der Waals surface area (Å²) in [5, 5.41) is 8.86. The molecule has 0 radical (unpaired) electrons. The lowest BCUT2D eigenvalue weighted by Gasteiger charge is -2.37. The molecule has 2 atom stereocenters. The van der Waals surface area contributed by atoms with Crippen LogP contribution in [-0.2, 0) is 11.2 Å². The van der Waals surface area contributed by atoms with Gasteiger partial charge in [-0.3, -0.25) is 4.79 Å². The summed E-state index contributed by atoms with van der Waals surface area (Å²) < 4.78 is 11.8. The van der Waals surface area contributed by atoms with Gasteiger partial charge in [-0.1, -0.05) is 31.9 Å². The average Bonchev–Trinajstić information content (AvgIpc) is 2.92. The summed E-state index contributed by atoms with van der Waals surface area (Å²) in [6.45, 7) is 3.91. The number of rotatable bonds is 9. The van der Waals surface area contributed by atoms with Gasteiger partial charge in [-0.2, -0.15) is 5.10 Å². The Labute approximate surface area is 209 Å². The Balaban J connectivity index is 1.54. The number of amides is 1. The highest BCUT2D eigenvalue weighted by atomic mass is 16.5. The van der Waals surface area contributed by atoms with E-state index in [0.717, 1.165) is 61.1 Å². The quantitative estimate of drug-likeness (QED) is 0.563. The molecule has 1 aromatic carbocycles. The van der Waals surface area contributed by atoms with Crippen molar-refractivity contribution in [2.24, 2.45) is 11.7 Å². The van der Waals surface area contributed by atoms with Crippen molar-refractivity contribution in [2.45, 2.75) is 76.9 Å². The Morgan fingerprint density at radius 3 is 2.57 bits per heavy atom. The van der Waals surface area contributed by atoms with Gasteiger partial charge in [-0.15, -0.1) is 5.10 Å². The van der Waals surface area contributed by atoms with Crippen LogP contribution in [0.3, 0.4) is 0 Å². The zero-order valence-electron chi connectivity index (χ0n) is 21.2. The number of hydrogen-bond acceptors (Lipinski definition) is 6. The number of methoxy groups -OCH3 is 1. The zero-order valence-corrected chi connectivity index (χ0v) is 21.2. The Morgan fingerprint density at radius 1 is 1.11 bits per heavy atom.